The fraction of sp³-hybridized carbons (Fsp3) is 0.486. The number of fused-ring (bicyclic) bond motifs is 3. The normalized spacial score (nSPS) is 22.9. The van der Waals surface area contributed by atoms with Gasteiger partial charge < -0.3 is 24.6 Å². The maximum atomic E-state index is 13.9. The number of hydrogen-bond acceptors (Lipinski definition) is 7. The number of aliphatic carboxylic acids is 1. The molecule has 3 N–H and O–H groups in total. The van der Waals surface area contributed by atoms with Gasteiger partial charge in [0, 0.05) is 13.0 Å². The predicted octanol–water partition coefficient (Wildman–Crippen LogP) is 6.10. The number of allylic oxidation sites excluding steroid dienone is 1. The lowest BCUT2D eigenvalue weighted by atomic mass is 9.58. The third kappa shape index (κ3) is 7.99. The molecule has 2 aromatic carbocycles. The molecule has 47 heavy (non-hydrogen) atoms. The van der Waals surface area contributed by atoms with Gasteiger partial charge in [-0.2, -0.15) is 0 Å². The number of rotatable bonds is 14. The van der Waals surface area contributed by atoms with Gasteiger partial charge in [0.15, 0.2) is 0 Å². The number of benzene rings is 2. The first-order valence-corrected chi connectivity index (χ1v) is 16.9. The first-order chi connectivity index (χ1) is 22.6. The molecule has 2 fully saturated rings. The second kappa shape index (κ2) is 15.3. The number of hydrogen-bond donors (Lipinski definition) is 3. The van der Waals surface area contributed by atoms with Gasteiger partial charge in [0.1, 0.15) is 18.1 Å². The van der Waals surface area contributed by atoms with Gasteiger partial charge in [-0.05, 0) is 117 Å². The van der Waals surface area contributed by atoms with Crippen LogP contribution in [0.5, 0.6) is 11.5 Å². The number of para-hydroxylation sites is 1. The van der Waals surface area contributed by atoms with Gasteiger partial charge in [0.2, 0.25) is 11.8 Å². The number of likely N-dealkylation sites (tertiary alicyclic amines) is 1. The lowest BCUT2D eigenvalue weighted by Gasteiger charge is -2.43. The number of ether oxygens (including phenoxy) is 1. The summed E-state index contributed by atoms with van der Waals surface area (Å²) in [5.74, 6) is -1.67. The summed E-state index contributed by atoms with van der Waals surface area (Å²) in [6, 6.07) is 13.4. The average Bonchev–Trinajstić information content (AvgIpc) is 3.28. The van der Waals surface area contributed by atoms with Crippen LogP contribution in [0, 0.1) is 31.6 Å². The number of aromatic hydroxyl groups is 1. The number of carbonyl (C=O) groups excluding carboxylic acids is 2. The maximum absolute atomic E-state index is 13.9. The van der Waals surface area contributed by atoms with E-state index in [-0.39, 0.29) is 43.6 Å². The van der Waals surface area contributed by atoms with Crippen molar-refractivity contribution in [3.8, 4) is 11.5 Å². The highest BCUT2D eigenvalue weighted by Gasteiger charge is 2.57. The van der Waals surface area contributed by atoms with Crippen LogP contribution in [0.15, 0.2) is 59.2 Å². The van der Waals surface area contributed by atoms with Crippen LogP contribution in [0.3, 0.4) is 0 Å². The van der Waals surface area contributed by atoms with Crippen molar-refractivity contribution in [3.63, 3.8) is 0 Å². The molecule has 0 aromatic heterocycles. The highest BCUT2D eigenvalue weighted by Crippen LogP contribution is 2.50. The molecular formula is C37H46BNO8. The Labute approximate surface area is 277 Å². The number of phenols is 1. The van der Waals surface area contributed by atoms with E-state index in [9.17, 15) is 24.5 Å². The number of aryl methyl sites for hydroxylation is 2. The zero-order chi connectivity index (χ0) is 33.7. The molecule has 0 spiro atoms. The van der Waals surface area contributed by atoms with E-state index in [4.69, 9.17) is 14.5 Å². The highest BCUT2D eigenvalue weighted by atomic mass is 16.5. The molecule has 0 radical (unpaired) electrons. The largest absolute Gasteiger partial charge is 0.507 e. The smallest absolute Gasteiger partial charge is 0.455 e. The third-order valence-corrected chi connectivity index (χ3v) is 9.89. The zero-order valence-electron chi connectivity index (χ0n) is 27.6. The summed E-state index contributed by atoms with van der Waals surface area (Å²) in [4.78, 5) is 39.8. The summed E-state index contributed by atoms with van der Waals surface area (Å²) < 4.78 is 12.4. The lowest BCUT2D eigenvalue weighted by Crippen LogP contribution is -2.46. The van der Waals surface area contributed by atoms with E-state index < -0.39 is 31.0 Å². The maximum Gasteiger partial charge on any atom is 0.455 e. The van der Waals surface area contributed by atoms with E-state index in [1.807, 2.05) is 56.3 Å². The number of carbonyl (C=O) groups is 3. The first-order valence-electron chi connectivity index (χ1n) is 16.9. The van der Waals surface area contributed by atoms with Crippen LogP contribution in [-0.2, 0) is 19.0 Å². The highest BCUT2D eigenvalue weighted by molar-refractivity contribution is 6.43. The summed E-state index contributed by atoms with van der Waals surface area (Å²) in [5, 5.41) is 30.1. The average molecular weight is 644 g/mol. The van der Waals surface area contributed by atoms with Gasteiger partial charge >= 0.3 is 13.1 Å². The third-order valence-electron chi connectivity index (χ3n) is 9.89. The van der Waals surface area contributed by atoms with Crippen molar-refractivity contribution in [2.45, 2.75) is 84.6 Å². The standard InChI is InChI=1S/C37H46BNO8/c1-4-25(19-26-17-23(2)35(42)24(3)18-26)14-15-31-33-27(22-46-28-11-7-5-8-12-28)20-29-34(30(33)21-38(45)47-31)37(44)39(36(29)43)16-10-6-9-13-32(40)41/h5,7-8,11-12,17-19,29-31,34,42,45H,4,6,9-10,13-16,20-22H2,1-3H3,(H,40,41)/b25-19+/t29-,30+,31-,34-/m1/s1. The van der Waals surface area contributed by atoms with E-state index in [0.29, 0.717) is 50.0 Å². The summed E-state index contributed by atoms with van der Waals surface area (Å²) >= 11 is 0. The van der Waals surface area contributed by atoms with Gasteiger partial charge in [-0.25, -0.2) is 0 Å². The number of phenolic OH excluding ortho intramolecular Hbond substituents is 1. The van der Waals surface area contributed by atoms with Crippen LogP contribution >= 0.6 is 0 Å². The molecule has 2 amide bonds. The summed E-state index contributed by atoms with van der Waals surface area (Å²) in [7, 11) is -1.06. The minimum Gasteiger partial charge on any atom is -0.507 e. The second-order valence-corrected chi connectivity index (χ2v) is 13.1. The number of imide groups is 1. The number of unbranched alkanes of at least 4 members (excludes halogenated alkanes) is 2. The van der Waals surface area contributed by atoms with Gasteiger partial charge in [-0.3, -0.25) is 19.3 Å². The molecule has 1 aliphatic carbocycles. The topological polar surface area (TPSA) is 134 Å². The van der Waals surface area contributed by atoms with Crippen molar-refractivity contribution in [2.24, 2.45) is 17.8 Å². The number of carboxylic acids is 1. The van der Waals surface area contributed by atoms with Gasteiger partial charge in [0.05, 0.1) is 17.9 Å². The molecular weight excluding hydrogens is 597 g/mol. The Kier molecular flexibility index (Phi) is 11.2. The van der Waals surface area contributed by atoms with Crippen molar-refractivity contribution >= 4 is 31.0 Å². The minimum atomic E-state index is -1.06. The van der Waals surface area contributed by atoms with E-state index in [0.717, 1.165) is 34.3 Å². The molecule has 0 bridgehead atoms. The Hall–Kier alpha value is -3.89. The Bertz CT molecular complexity index is 1510. The summed E-state index contributed by atoms with van der Waals surface area (Å²) in [6.07, 6.45) is 6.19. The van der Waals surface area contributed by atoms with E-state index in [2.05, 4.69) is 13.0 Å². The Morgan fingerprint density at radius 3 is 2.45 bits per heavy atom. The van der Waals surface area contributed by atoms with Crippen LogP contribution in [0.25, 0.3) is 6.08 Å². The van der Waals surface area contributed by atoms with E-state index in [1.54, 1.807) is 0 Å². The fourth-order valence-corrected chi connectivity index (χ4v) is 7.57. The molecule has 4 atom stereocenters. The molecule has 0 unspecified atom stereocenters. The summed E-state index contributed by atoms with van der Waals surface area (Å²) in [5.41, 5.74) is 5.79. The molecule has 10 heteroatoms. The first kappa shape index (κ1) is 34.4. The van der Waals surface area contributed by atoms with Gasteiger partial charge in [-0.1, -0.05) is 43.2 Å². The molecule has 5 rings (SSSR count). The SMILES string of the molecule is CC/C(=C\c1cc(C)c(O)c(C)c1)CC[C@H]1OB(O)C[C@H]2C1=C(COc1ccccc1)C[C@H]1C(=O)N(CCCCCC(=O)O)C(=O)[C@H]12. The van der Waals surface area contributed by atoms with Crippen LogP contribution in [0.2, 0.25) is 6.32 Å². The minimum absolute atomic E-state index is 0.0652. The quantitative estimate of drug-likeness (QED) is 0.0973. The lowest BCUT2D eigenvalue weighted by molar-refractivity contribution is -0.141. The predicted molar refractivity (Wildman–Crippen MR) is 180 cm³/mol. The molecule has 9 nitrogen and oxygen atoms in total. The molecule has 2 aromatic rings. The number of amides is 2. The summed E-state index contributed by atoms with van der Waals surface area (Å²) in [6.45, 7) is 6.41. The number of carboxylic acid groups (broad SMARTS) is 1. The monoisotopic (exact) mass is 643 g/mol. The van der Waals surface area contributed by atoms with Crippen LogP contribution in [0.1, 0.15) is 75.0 Å². The second-order valence-electron chi connectivity index (χ2n) is 13.1. The van der Waals surface area contributed by atoms with Crippen molar-refractivity contribution in [2.75, 3.05) is 13.2 Å². The Balaban J connectivity index is 1.40. The van der Waals surface area contributed by atoms with Gasteiger partial charge in [0.25, 0.3) is 0 Å². The Morgan fingerprint density at radius 1 is 1.04 bits per heavy atom. The van der Waals surface area contributed by atoms with E-state index >= 15 is 0 Å². The molecule has 2 aliphatic heterocycles. The number of nitrogens with zero attached hydrogens (tertiary/aromatic N) is 1. The molecule has 3 aliphatic rings. The Morgan fingerprint density at radius 2 is 1.77 bits per heavy atom. The van der Waals surface area contributed by atoms with Gasteiger partial charge in [-0.15, -0.1) is 0 Å². The molecule has 2 heterocycles. The van der Waals surface area contributed by atoms with Crippen molar-refractivity contribution in [3.05, 3.63) is 75.9 Å². The molecule has 250 valence electrons. The van der Waals surface area contributed by atoms with Crippen molar-refractivity contribution in [1.82, 2.24) is 4.90 Å². The van der Waals surface area contributed by atoms with Crippen LogP contribution in [-0.4, -0.2) is 64.3 Å². The van der Waals surface area contributed by atoms with Crippen molar-refractivity contribution in [1.29, 1.82) is 0 Å². The molecule has 0 saturated carbocycles. The van der Waals surface area contributed by atoms with Crippen LogP contribution in [0.4, 0.5) is 0 Å². The van der Waals surface area contributed by atoms with Crippen molar-refractivity contribution < 1.29 is 39.0 Å². The van der Waals surface area contributed by atoms with E-state index in [1.165, 1.54) is 10.5 Å². The fourth-order valence-electron chi connectivity index (χ4n) is 7.57. The molecule has 2 saturated heterocycles. The van der Waals surface area contributed by atoms with Crippen LogP contribution < -0.4 is 4.74 Å². The zero-order valence-corrected chi connectivity index (χ0v) is 27.6.